The van der Waals surface area contributed by atoms with E-state index in [1.54, 1.807) is 45.2 Å². The van der Waals surface area contributed by atoms with E-state index in [0.717, 1.165) is 5.56 Å². The number of aromatic amines is 2. The Kier molecular flexibility index (Phi) is 5.25. The Hall–Kier alpha value is -3.49. The van der Waals surface area contributed by atoms with Gasteiger partial charge < -0.3 is 10.6 Å². The van der Waals surface area contributed by atoms with E-state index >= 15 is 0 Å². The summed E-state index contributed by atoms with van der Waals surface area (Å²) in [4.78, 5) is 24.9. The third-order valence-corrected chi connectivity index (χ3v) is 4.23. The predicted octanol–water partition coefficient (Wildman–Crippen LogP) is 2.19. The fourth-order valence-electron chi connectivity index (χ4n) is 2.71. The van der Waals surface area contributed by atoms with Gasteiger partial charge in [0.15, 0.2) is 0 Å². The van der Waals surface area contributed by atoms with Crippen LogP contribution in [0.5, 0.6) is 0 Å². The van der Waals surface area contributed by atoms with Crippen LogP contribution in [0.4, 0.5) is 4.39 Å². The molecule has 0 atom stereocenters. The largest absolute Gasteiger partial charge is 0.350 e. The van der Waals surface area contributed by atoms with Gasteiger partial charge in [-0.3, -0.25) is 19.8 Å². The van der Waals surface area contributed by atoms with E-state index < -0.39 is 17.3 Å². The Labute approximate surface area is 160 Å². The van der Waals surface area contributed by atoms with Crippen molar-refractivity contribution in [2.75, 3.05) is 6.54 Å². The predicted molar refractivity (Wildman–Crippen MR) is 101 cm³/mol. The van der Waals surface area contributed by atoms with Crippen LogP contribution in [-0.4, -0.2) is 44.3 Å². The highest BCUT2D eigenvalue weighted by atomic mass is 19.1. The molecular weight excluding hydrogens is 363 g/mol. The number of carbonyl (C=O) groups is 2. The smallest absolute Gasteiger partial charge is 0.270 e. The Morgan fingerprint density at radius 1 is 1.11 bits per heavy atom. The van der Waals surface area contributed by atoms with Crippen molar-refractivity contribution in [3.8, 4) is 11.3 Å². The quantitative estimate of drug-likeness (QED) is 0.521. The van der Waals surface area contributed by atoms with E-state index in [4.69, 9.17) is 0 Å². The zero-order chi connectivity index (χ0) is 20.3. The number of benzene rings is 1. The second-order valence-electron chi connectivity index (χ2n) is 7.09. The molecule has 2 aromatic heterocycles. The summed E-state index contributed by atoms with van der Waals surface area (Å²) in [6.45, 7) is 5.50. The lowest BCUT2D eigenvalue weighted by molar-refractivity contribution is 0.0878. The third kappa shape index (κ3) is 4.08. The Balaban J connectivity index is 1.68. The van der Waals surface area contributed by atoms with Crippen molar-refractivity contribution in [3.63, 3.8) is 0 Å². The van der Waals surface area contributed by atoms with Crippen molar-refractivity contribution < 1.29 is 14.0 Å². The summed E-state index contributed by atoms with van der Waals surface area (Å²) in [5.41, 5.74) is 1.14. The molecule has 0 spiro atoms. The SMILES string of the molecule is Cc1cn[nH]c1C(=O)NC(C)(C)CNC(=O)c1cn[nH]c1-c1ccccc1F. The topological polar surface area (TPSA) is 116 Å². The fourth-order valence-corrected chi connectivity index (χ4v) is 2.71. The zero-order valence-corrected chi connectivity index (χ0v) is 15.8. The maximum atomic E-state index is 14.0. The Bertz CT molecular complexity index is 1010. The van der Waals surface area contributed by atoms with E-state index in [2.05, 4.69) is 31.0 Å². The molecule has 146 valence electrons. The van der Waals surface area contributed by atoms with E-state index in [0.29, 0.717) is 11.4 Å². The number of amides is 2. The first-order chi connectivity index (χ1) is 13.3. The molecule has 0 radical (unpaired) electrons. The molecule has 4 N–H and O–H groups in total. The van der Waals surface area contributed by atoms with Gasteiger partial charge in [-0.2, -0.15) is 10.2 Å². The second-order valence-corrected chi connectivity index (χ2v) is 7.09. The van der Waals surface area contributed by atoms with Crippen LogP contribution < -0.4 is 10.6 Å². The van der Waals surface area contributed by atoms with E-state index in [1.807, 2.05) is 0 Å². The first-order valence-corrected chi connectivity index (χ1v) is 8.67. The van der Waals surface area contributed by atoms with Crippen LogP contribution in [0.25, 0.3) is 11.3 Å². The molecule has 0 saturated carbocycles. The highest BCUT2D eigenvalue weighted by Crippen LogP contribution is 2.23. The minimum atomic E-state index is -0.730. The lowest BCUT2D eigenvalue weighted by atomic mass is 10.0. The maximum absolute atomic E-state index is 14.0. The van der Waals surface area contributed by atoms with Gasteiger partial charge in [0.1, 0.15) is 11.5 Å². The summed E-state index contributed by atoms with van der Waals surface area (Å²) in [7, 11) is 0. The molecule has 28 heavy (non-hydrogen) atoms. The number of aryl methyl sites for hydroxylation is 1. The highest BCUT2D eigenvalue weighted by Gasteiger charge is 2.25. The van der Waals surface area contributed by atoms with Gasteiger partial charge in [0.2, 0.25) is 0 Å². The molecule has 2 amide bonds. The average Bonchev–Trinajstić information content (AvgIpc) is 3.29. The number of halogens is 1. The van der Waals surface area contributed by atoms with Crippen LogP contribution in [0.15, 0.2) is 36.7 Å². The molecule has 9 heteroatoms. The molecule has 2 heterocycles. The van der Waals surface area contributed by atoms with Gasteiger partial charge in [-0.15, -0.1) is 0 Å². The van der Waals surface area contributed by atoms with Crippen molar-refractivity contribution in [2.45, 2.75) is 26.3 Å². The molecule has 0 fully saturated rings. The number of H-pyrrole nitrogens is 2. The fraction of sp³-hybridized carbons (Fsp3) is 0.263. The number of hydrogen-bond acceptors (Lipinski definition) is 4. The summed E-state index contributed by atoms with van der Waals surface area (Å²) < 4.78 is 14.0. The van der Waals surface area contributed by atoms with Crippen LogP contribution in [0.2, 0.25) is 0 Å². The maximum Gasteiger partial charge on any atom is 0.270 e. The van der Waals surface area contributed by atoms with Gasteiger partial charge in [0.05, 0.1) is 29.2 Å². The minimum Gasteiger partial charge on any atom is -0.350 e. The van der Waals surface area contributed by atoms with E-state index in [-0.39, 0.29) is 23.6 Å². The second kappa shape index (κ2) is 7.63. The molecule has 1 aromatic carbocycles. The van der Waals surface area contributed by atoms with Gasteiger partial charge in [0.25, 0.3) is 11.8 Å². The first kappa shape index (κ1) is 19.3. The normalized spacial score (nSPS) is 11.3. The number of carbonyl (C=O) groups excluding carboxylic acids is 2. The molecule has 3 aromatic rings. The molecule has 3 rings (SSSR count). The lowest BCUT2D eigenvalue weighted by Gasteiger charge is -2.26. The summed E-state index contributed by atoms with van der Waals surface area (Å²) in [6.07, 6.45) is 2.91. The van der Waals surface area contributed by atoms with Crippen LogP contribution in [0.1, 0.15) is 40.3 Å². The van der Waals surface area contributed by atoms with Crippen molar-refractivity contribution in [1.29, 1.82) is 0 Å². The average molecular weight is 384 g/mol. The number of hydrogen-bond donors (Lipinski definition) is 4. The van der Waals surface area contributed by atoms with Crippen LogP contribution >= 0.6 is 0 Å². The molecular formula is C19H21FN6O2. The van der Waals surface area contributed by atoms with E-state index in [9.17, 15) is 14.0 Å². The summed E-state index contributed by atoms with van der Waals surface area (Å²) in [5.74, 6) is -1.19. The number of nitrogens with one attached hydrogen (secondary N) is 4. The molecule has 0 aliphatic rings. The molecule has 0 aliphatic heterocycles. The Morgan fingerprint density at radius 3 is 2.50 bits per heavy atom. The molecule has 0 unspecified atom stereocenters. The van der Waals surface area contributed by atoms with Crippen LogP contribution in [0, 0.1) is 12.7 Å². The molecule has 8 nitrogen and oxygen atoms in total. The number of nitrogens with zero attached hydrogens (tertiary/aromatic N) is 2. The molecule has 0 aliphatic carbocycles. The lowest BCUT2D eigenvalue weighted by Crippen LogP contribution is -2.51. The molecule has 0 saturated heterocycles. The van der Waals surface area contributed by atoms with Gasteiger partial charge >= 0.3 is 0 Å². The first-order valence-electron chi connectivity index (χ1n) is 8.67. The van der Waals surface area contributed by atoms with E-state index in [1.165, 1.54) is 12.3 Å². The zero-order valence-electron chi connectivity index (χ0n) is 15.8. The summed E-state index contributed by atoms with van der Waals surface area (Å²) >= 11 is 0. The summed E-state index contributed by atoms with van der Waals surface area (Å²) in [5, 5.41) is 18.6. The van der Waals surface area contributed by atoms with Gasteiger partial charge in [-0.05, 0) is 38.5 Å². The monoisotopic (exact) mass is 384 g/mol. The van der Waals surface area contributed by atoms with Crippen LogP contribution in [-0.2, 0) is 0 Å². The van der Waals surface area contributed by atoms with Crippen molar-refractivity contribution in [1.82, 2.24) is 31.0 Å². The number of rotatable bonds is 6. The molecule has 0 bridgehead atoms. The highest BCUT2D eigenvalue weighted by molar-refractivity contribution is 6.00. The summed E-state index contributed by atoms with van der Waals surface area (Å²) in [6, 6.07) is 6.13. The van der Waals surface area contributed by atoms with Gasteiger partial charge in [-0.25, -0.2) is 4.39 Å². The van der Waals surface area contributed by atoms with Crippen molar-refractivity contribution >= 4 is 11.8 Å². The van der Waals surface area contributed by atoms with Crippen molar-refractivity contribution in [3.05, 3.63) is 59.3 Å². The Morgan fingerprint density at radius 2 is 1.82 bits per heavy atom. The van der Waals surface area contributed by atoms with Gasteiger partial charge in [-0.1, -0.05) is 12.1 Å². The minimum absolute atomic E-state index is 0.159. The van der Waals surface area contributed by atoms with Gasteiger partial charge in [0, 0.05) is 12.1 Å². The van der Waals surface area contributed by atoms with Crippen molar-refractivity contribution in [2.24, 2.45) is 0 Å². The van der Waals surface area contributed by atoms with Crippen LogP contribution in [0.3, 0.4) is 0 Å². The third-order valence-electron chi connectivity index (χ3n) is 4.23. The standard InChI is InChI=1S/C19H21FN6O2/c1-11-8-22-25-15(11)18(28)24-19(2,3)10-21-17(27)13-9-23-26-16(13)12-6-4-5-7-14(12)20/h4-9H,10H2,1-3H3,(H,21,27)(H,22,25)(H,23,26)(H,24,28). The number of aromatic nitrogens is 4.